The summed E-state index contributed by atoms with van der Waals surface area (Å²) in [7, 11) is 0. The molecule has 0 aliphatic heterocycles. The molecule has 0 unspecified atom stereocenters. The number of hydrogen-bond donors (Lipinski definition) is 5. The number of nitrogens with one attached hydrogen (secondary N) is 3. The molecule has 1 heterocycles. The zero-order valence-electron chi connectivity index (χ0n) is 12.2. The van der Waals surface area contributed by atoms with Gasteiger partial charge in [-0.3, -0.25) is 16.0 Å². The van der Waals surface area contributed by atoms with Crippen molar-refractivity contribution in [1.29, 1.82) is 0 Å². The van der Waals surface area contributed by atoms with E-state index in [1.807, 2.05) is 17.6 Å². The maximum absolute atomic E-state index is 11.5. The summed E-state index contributed by atoms with van der Waals surface area (Å²) in [4.78, 5) is 43.4. The summed E-state index contributed by atoms with van der Waals surface area (Å²) < 4.78 is 4.87. The molecule has 5 N–H and O–H groups in total. The normalized spacial score (nSPS) is 9.78. The zero-order valence-corrected chi connectivity index (χ0v) is 12.2. The zero-order chi connectivity index (χ0) is 17.2. The van der Waals surface area contributed by atoms with Gasteiger partial charge in [-0.1, -0.05) is 19.8 Å². The number of nitrogens with zero attached hydrogens (tertiary/aromatic N) is 3. The van der Waals surface area contributed by atoms with Gasteiger partial charge >= 0.3 is 18.3 Å². The van der Waals surface area contributed by atoms with Gasteiger partial charge in [0, 0.05) is 0 Å². The van der Waals surface area contributed by atoms with Gasteiger partial charge in [0.25, 0.3) is 0 Å². The standard InChI is InChI=1S/C11H16N6O6/c1-2-3-4-5-23-11(22)17-8-13-6(15-9(18)19)12-7(14-8)16-10(20)21/h2-5H2,1H3,(H,18,19)(H,20,21)(H3,12,13,14,15,16,17,22). The van der Waals surface area contributed by atoms with Crippen molar-refractivity contribution >= 4 is 36.1 Å². The number of aromatic nitrogens is 3. The van der Waals surface area contributed by atoms with Crippen LogP contribution in [0, 0.1) is 0 Å². The molecule has 0 spiro atoms. The Labute approximate surface area is 130 Å². The topological polar surface area (TPSA) is 176 Å². The number of amides is 3. The number of carbonyl (C=O) groups is 3. The molecule has 0 atom stereocenters. The van der Waals surface area contributed by atoms with E-state index in [1.54, 1.807) is 0 Å². The van der Waals surface area contributed by atoms with Gasteiger partial charge in [0.1, 0.15) is 0 Å². The molecule has 1 aromatic rings. The van der Waals surface area contributed by atoms with E-state index >= 15 is 0 Å². The molecule has 3 amide bonds. The van der Waals surface area contributed by atoms with Crippen molar-refractivity contribution in [3.8, 4) is 0 Å². The highest BCUT2D eigenvalue weighted by molar-refractivity contribution is 5.85. The number of carbonyl (C=O) groups excluding carboxylic acids is 1. The fourth-order valence-electron chi connectivity index (χ4n) is 1.38. The largest absolute Gasteiger partial charge is 0.465 e. The molecule has 1 aromatic heterocycles. The molecule has 12 nitrogen and oxygen atoms in total. The van der Waals surface area contributed by atoms with Crippen molar-refractivity contribution in [1.82, 2.24) is 15.0 Å². The van der Waals surface area contributed by atoms with E-state index in [4.69, 9.17) is 14.9 Å². The van der Waals surface area contributed by atoms with Crippen LogP contribution in [0.1, 0.15) is 26.2 Å². The summed E-state index contributed by atoms with van der Waals surface area (Å²) in [5, 5.41) is 23.0. The quantitative estimate of drug-likeness (QED) is 0.467. The lowest BCUT2D eigenvalue weighted by atomic mass is 10.3. The van der Waals surface area contributed by atoms with E-state index in [2.05, 4.69) is 20.3 Å². The maximum Gasteiger partial charge on any atom is 0.414 e. The predicted octanol–water partition coefficient (Wildman–Crippen LogP) is 1.79. The third-order valence-electron chi connectivity index (χ3n) is 2.27. The maximum atomic E-state index is 11.5. The van der Waals surface area contributed by atoms with E-state index < -0.39 is 30.2 Å². The number of carboxylic acid groups (broad SMARTS) is 2. The Balaban J connectivity index is 2.76. The minimum absolute atomic E-state index is 0.200. The lowest BCUT2D eigenvalue weighted by Gasteiger charge is -2.08. The van der Waals surface area contributed by atoms with Crippen molar-refractivity contribution in [3.05, 3.63) is 0 Å². The first-order valence-corrected chi connectivity index (χ1v) is 6.60. The molecule has 0 aromatic carbocycles. The van der Waals surface area contributed by atoms with Gasteiger partial charge in [0.15, 0.2) is 0 Å². The SMILES string of the molecule is CCCCCOC(=O)Nc1nc(NC(=O)O)nc(NC(=O)O)n1. The molecular weight excluding hydrogens is 312 g/mol. The van der Waals surface area contributed by atoms with E-state index in [9.17, 15) is 14.4 Å². The second-order valence-electron chi connectivity index (χ2n) is 4.13. The Bertz CT molecular complexity index is 546. The van der Waals surface area contributed by atoms with Crippen molar-refractivity contribution in [3.63, 3.8) is 0 Å². The lowest BCUT2D eigenvalue weighted by Crippen LogP contribution is -2.20. The highest BCUT2D eigenvalue weighted by atomic mass is 16.5. The van der Waals surface area contributed by atoms with Crippen LogP contribution in [0.3, 0.4) is 0 Å². The van der Waals surface area contributed by atoms with Gasteiger partial charge in [-0.2, -0.15) is 15.0 Å². The van der Waals surface area contributed by atoms with Crippen molar-refractivity contribution in [2.45, 2.75) is 26.2 Å². The summed E-state index contributed by atoms with van der Waals surface area (Å²) in [6, 6.07) is 0. The van der Waals surface area contributed by atoms with Gasteiger partial charge < -0.3 is 14.9 Å². The monoisotopic (exact) mass is 328 g/mol. The second-order valence-corrected chi connectivity index (χ2v) is 4.13. The van der Waals surface area contributed by atoms with Crippen LogP contribution in [-0.2, 0) is 4.74 Å². The van der Waals surface area contributed by atoms with Crippen LogP contribution in [-0.4, -0.2) is 50.1 Å². The summed E-state index contributed by atoms with van der Waals surface area (Å²) in [6.45, 7) is 2.20. The molecule has 0 saturated carbocycles. The third kappa shape index (κ3) is 7.40. The van der Waals surface area contributed by atoms with Crippen molar-refractivity contribution in [2.75, 3.05) is 22.6 Å². The average molecular weight is 328 g/mol. The average Bonchev–Trinajstić information content (AvgIpc) is 2.41. The number of hydrogen-bond acceptors (Lipinski definition) is 7. The smallest absolute Gasteiger partial charge is 0.414 e. The van der Waals surface area contributed by atoms with Gasteiger partial charge in [-0.25, -0.2) is 14.4 Å². The van der Waals surface area contributed by atoms with Crippen molar-refractivity contribution in [2.24, 2.45) is 0 Å². The van der Waals surface area contributed by atoms with Gasteiger partial charge in [0.05, 0.1) is 6.61 Å². The molecular formula is C11H16N6O6. The van der Waals surface area contributed by atoms with E-state index in [-0.39, 0.29) is 12.6 Å². The predicted molar refractivity (Wildman–Crippen MR) is 77.6 cm³/mol. The molecule has 12 heteroatoms. The summed E-state index contributed by atoms with van der Waals surface area (Å²) in [6.07, 6.45) is -1.23. The highest BCUT2D eigenvalue weighted by Crippen LogP contribution is 2.10. The molecule has 23 heavy (non-hydrogen) atoms. The second kappa shape index (κ2) is 8.96. The van der Waals surface area contributed by atoms with Crippen LogP contribution in [0.15, 0.2) is 0 Å². The number of unbranched alkanes of at least 4 members (excludes halogenated alkanes) is 2. The Morgan fingerprint density at radius 2 is 1.39 bits per heavy atom. The van der Waals surface area contributed by atoms with Crippen LogP contribution < -0.4 is 16.0 Å². The number of anilines is 3. The van der Waals surface area contributed by atoms with Crippen LogP contribution in [0.4, 0.5) is 32.2 Å². The van der Waals surface area contributed by atoms with Gasteiger partial charge in [-0.15, -0.1) is 0 Å². The lowest BCUT2D eigenvalue weighted by molar-refractivity contribution is 0.159. The third-order valence-corrected chi connectivity index (χ3v) is 2.27. The molecule has 0 radical (unpaired) electrons. The van der Waals surface area contributed by atoms with E-state index in [0.29, 0.717) is 6.42 Å². The van der Waals surface area contributed by atoms with Crippen LogP contribution in [0.5, 0.6) is 0 Å². The van der Waals surface area contributed by atoms with Gasteiger partial charge in [-0.05, 0) is 6.42 Å². The molecule has 0 aliphatic carbocycles. The summed E-state index contributed by atoms with van der Waals surface area (Å²) in [5.41, 5.74) is 0. The number of rotatable bonds is 7. The minimum Gasteiger partial charge on any atom is -0.465 e. The van der Waals surface area contributed by atoms with E-state index in [0.717, 1.165) is 12.8 Å². The summed E-state index contributed by atoms with van der Waals surface area (Å²) in [5.74, 6) is -1.29. The van der Waals surface area contributed by atoms with Crippen LogP contribution in [0.2, 0.25) is 0 Å². The molecule has 1 rings (SSSR count). The molecule has 0 bridgehead atoms. The van der Waals surface area contributed by atoms with Gasteiger partial charge in [0.2, 0.25) is 17.8 Å². The first kappa shape index (κ1) is 17.9. The Morgan fingerprint density at radius 1 is 0.913 bits per heavy atom. The fourth-order valence-corrected chi connectivity index (χ4v) is 1.38. The van der Waals surface area contributed by atoms with Crippen molar-refractivity contribution < 1.29 is 29.3 Å². The number of ether oxygens (including phenoxy) is 1. The minimum atomic E-state index is -1.47. The van der Waals surface area contributed by atoms with E-state index in [1.165, 1.54) is 0 Å². The molecule has 0 aliphatic rings. The fraction of sp³-hybridized carbons (Fsp3) is 0.455. The Morgan fingerprint density at radius 3 is 1.83 bits per heavy atom. The first-order chi connectivity index (χ1) is 10.9. The highest BCUT2D eigenvalue weighted by Gasteiger charge is 2.13. The summed E-state index contributed by atoms with van der Waals surface area (Å²) >= 11 is 0. The Hall–Kier alpha value is -3.18. The molecule has 126 valence electrons. The van der Waals surface area contributed by atoms with Crippen LogP contribution >= 0.6 is 0 Å². The first-order valence-electron chi connectivity index (χ1n) is 6.60. The molecule has 0 fully saturated rings. The van der Waals surface area contributed by atoms with Crippen LogP contribution in [0.25, 0.3) is 0 Å². The molecule has 0 saturated heterocycles. The Kier molecular flexibility index (Phi) is 6.97.